The summed E-state index contributed by atoms with van der Waals surface area (Å²) in [6, 6.07) is 9.81. The molecule has 4 nitrogen and oxygen atoms in total. The van der Waals surface area contributed by atoms with Gasteiger partial charge in [0.15, 0.2) is 11.4 Å². The lowest BCUT2D eigenvalue weighted by atomic mass is 9.88. The number of Topliss-reactive ketones (excluding diaryl/α,β-unsaturated/α-hetero) is 1. The highest BCUT2D eigenvalue weighted by atomic mass is 127. The molecule has 2 aromatic carbocycles. The largest absolute Gasteiger partial charge is 0.375 e. The standard InChI is InChI=1S/C16H10Cl2INO3/c17-9-5-11(18)14-12(6-9)20-15(22)16(14,23)7-13(21)8-1-3-10(19)4-2-8/h1-6,23H,7H2,(H,20,22)/t16-/m0/s1. The van der Waals surface area contributed by atoms with Crippen molar-refractivity contribution in [3.8, 4) is 0 Å². The number of carbonyl (C=O) groups is 2. The summed E-state index contributed by atoms with van der Waals surface area (Å²) in [5, 5.41) is 13.8. The fraction of sp³-hybridized carbons (Fsp3) is 0.125. The van der Waals surface area contributed by atoms with Crippen molar-refractivity contribution in [1.29, 1.82) is 0 Å². The Hall–Kier alpha value is -1.15. The van der Waals surface area contributed by atoms with E-state index in [0.717, 1.165) is 3.57 Å². The summed E-state index contributed by atoms with van der Waals surface area (Å²) in [4.78, 5) is 24.7. The second-order valence-corrected chi connectivity index (χ2v) is 7.32. The predicted octanol–water partition coefficient (Wildman–Crippen LogP) is 4.01. The molecule has 1 aliphatic heterocycles. The molecule has 0 spiro atoms. The molecule has 0 saturated heterocycles. The molecule has 1 atom stereocenters. The number of anilines is 1. The van der Waals surface area contributed by atoms with Gasteiger partial charge >= 0.3 is 0 Å². The first-order valence-electron chi connectivity index (χ1n) is 6.63. The van der Waals surface area contributed by atoms with Crippen LogP contribution in [-0.2, 0) is 10.4 Å². The minimum absolute atomic E-state index is 0.142. The van der Waals surface area contributed by atoms with E-state index in [2.05, 4.69) is 27.9 Å². The zero-order valence-corrected chi connectivity index (χ0v) is 15.2. The van der Waals surface area contributed by atoms with Crippen LogP contribution >= 0.6 is 45.8 Å². The Morgan fingerprint density at radius 1 is 1.22 bits per heavy atom. The number of nitrogens with one attached hydrogen (secondary N) is 1. The summed E-state index contributed by atoms with van der Waals surface area (Å²) >= 11 is 14.2. The first kappa shape index (κ1) is 16.7. The molecule has 2 N–H and O–H groups in total. The molecule has 0 bridgehead atoms. The number of rotatable bonds is 3. The van der Waals surface area contributed by atoms with Crippen LogP contribution in [0.15, 0.2) is 36.4 Å². The van der Waals surface area contributed by atoms with Gasteiger partial charge in [-0.1, -0.05) is 35.3 Å². The van der Waals surface area contributed by atoms with Crippen molar-refractivity contribution in [2.45, 2.75) is 12.0 Å². The van der Waals surface area contributed by atoms with Gasteiger partial charge in [0.05, 0.1) is 17.1 Å². The second kappa shape index (κ2) is 6.05. The van der Waals surface area contributed by atoms with Crippen LogP contribution in [0.2, 0.25) is 10.0 Å². The van der Waals surface area contributed by atoms with Gasteiger partial charge in [-0.25, -0.2) is 0 Å². The first-order chi connectivity index (χ1) is 10.8. The number of halogens is 3. The van der Waals surface area contributed by atoms with E-state index in [1.54, 1.807) is 24.3 Å². The van der Waals surface area contributed by atoms with E-state index in [-0.39, 0.29) is 16.4 Å². The third-order valence-corrected chi connectivity index (χ3v) is 4.91. The van der Waals surface area contributed by atoms with E-state index in [0.29, 0.717) is 16.3 Å². The van der Waals surface area contributed by atoms with Crippen molar-refractivity contribution < 1.29 is 14.7 Å². The summed E-state index contributed by atoms with van der Waals surface area (Å²) in [7, 11) is 0. The molecule has 0 radical (unpaired) electrons. The highest BCUT2D eigenvalue weighted by Gasteiger charge is 2.48. The number of ketones is 1. The molecule has 23 heavy (non-hydrogen) atoms. The van der Waals surface area contributed by atoms with Crippen LogP contribution in [0.5, 0.6) is 0 Å². The topological polar surface area (TPSA) is 66.4 Å². The van der Waals surface area contributed by atoms with Crippen LogP contribution < -0.4 is 5.32 Å². The maximum atomic E-state index is 12.4. The lowest BCUT2D eigenvalue weighted by molar-refractivity contribution is -0.133. The van der Waals surface area contributed by atoms with E-state index in [9.17, 15) is 14.7 Å². The van der Waals surface area contributed by atoms with Crippen molar-refractivity contribution in [2.75, 3.05) is 5.32 Å². The zero-order chi connectivity index (χ0) is 16.8. The Morgan fingerprint density at radius 3 is 2.52 bits per heavy atom. The van der Waals surface area contributed by atoms with E-state index in [1.165, 1.54) is 12.1 Å². The number of hydrogen-bond donors (Lipinski definition) is 2. The zero-order valence-electron chi connectivity index (χ0n) is 11.6. The molecule has 7 heteroatoms. The number of hydrogen-bond acceptors (Lipinski definition) is 3. The van der Waals surface area contributed by atoms with Gasteiger partial charge in [0.1, 0.15) is 0 Å². The maximum Gasteiger partial charge on any atom is 0.261 e. The fourth-order valence-corrected chi connectivity index (χ4v) is 3.58. The van der Waals surface area contributed by atoms with E-state index >= 15 is 0 Å². The van der Waals surface area contributed by atoms with Gasteiger partial charge in [-0.2, -0.15) is 0 Å². The highest BCUT2D eigenvalue weighted by molar-refractivity contribution is 14.1. The van der Waals surface area contributed by atoms with Gasteiger partial charge in [-0.3, -0.25) is 9.59 Å². The Balaban J connectivity index is 1.98. The van der Waals surface area contributed by atoms with Gasteiger partial charge in [0.25, 0.3) is 5.91 Å². The molecule has 0 aromatic heterocycles. The summed E-state index contributed by atoms with van der Waals surface area (Å²) in [6.07, 6.45) is -0.395. The van der Waals surface area contributed by atoms with Gasteiger partial charge in [0.2, 0.25) is 0 Å². The quantitative estimate of drug-likeness (QED) is 0.536. The van der Waals surface area contributed by atoms with Crippen LogP contribution in [0.3, 0.4) is 0 Å². The van der Waals surface area contributed by atoms with Crippen LogP contribution in [0.4, 0.5) is 5.69 Å². The molecule has 2 aromatic rings. The Kier molecular flexibility index (Phi) is 4.39. The Labute approximate surface area is 155 Å². The van der Waals surface area contributed by atoms with Crippen molar-refractivity contribution in [1.82, 2.24) is 0 Å². The highest BCUT2D eigenvalue weighted by Crippen LogP contribution is 2.44. The average Bonchev–Trinajstić information content (AvgIpc) is 2.70. The summed E-state index contributed by atoms with van der Waals surface area (Å²) in [5.41, 5.74) is -1.07. The number of carbonyl (C=O) groups excluding carboxylic acids is 2. The maximum absolute atomic E-state index is 12.4. The second-order valence-electron chi connectivity index (χ2n) is 5.23. The number of benzene rings is 2. The molecular weight excluding hydrogens is 452 g/mol. The smallest absolute Gasteiger partial charge is 0.261 e. The lowest BCUT2D eigenvalue weighted by Crippen LogP contribution is -2.36. The molecule has 0 saturated carbocycles. The summed E-state index contributed by atoms with van der Waals surface area (Å²) in [5.74, 6) is -1.03. The molecule has 0 unspecified atom stereocenters. The van der Waals surface area contributed by atoms with E-state index < -0.39 is 17.9 Å². The van der Waals surface area contributed by atoms with Gasteiger partial charge in [0, 0.05) is 19.7 Å². The predicted molar refractivity (Wildman–Crippen MR) is 97.1 cm³/mol. The average molecular weight is 462 g/mol. The van der Waals surface area contributed by atoms with Crippen molar-refractivity contribution in [3.63, 3.8) is 0 Å². The summed E-state index contributed by atoms with van der Waals surface area (Å²) in [6.45, 7) is 0. The number of amides is 1. The first-order valence-corrected chi connectivity index (χ1v) is 8.47. The van der Waals surface area contributed by atoms with Crippen LogP contribution in [-0.4, -0.2) is 16.8 Å². The monoisotopic (exact) mass is 461 g/mol. The van der Waals surface area contributed by atoms with Crippen molar-refractivity contribution in [2.24, 2.45) is 0 Å². The molecule has 1 heterocycles. The molecule has 118 valence electrons. The van der Waals surface area contributed by atoms with Crippen molar-refractivity contribution >= 4 is 63.2 Å². The molecule has 0 fully saturated rings. The van der Waals surface area contributed by atoms with Gasteiger partial charge < -0.3 is 10.4 Å². The third kappa shape index (κ3) is 2.98. The SMILES string of the molecule is O=C(C[C@@]1(O)C(=O)Nc2cc(Cl)cc(Cl)c21)c1ccc(I)cc1. The molecule has 1 aliphatic rings. The van der Waals surface area contributed by atoms with Crippen LogP contribution in [0, 0.1) is 3.57 Å². The minimum Gasteiger partial charge on any atom is -0.375 e. The number of aliphatic hydroxyl groups is 1. The molecular formula is C16H10Cl2INO3. The third-order valence-electron chi connectivity index (χ3n) is 3.68. The fourth-order valence-electron chi connectivity index (χ4n) is 2.57. The lowest BCUT2D eigenvalue weighted by Gasteiger charge is -2.21. The van der Waals surface area contributed by atoms with Crippen LogP contribution in [0.25, 0.3) is 0 Å². The van der Waals surface area contributed by atoms with Gasteiger partial charge in [-0.15, -0.1) is 0 Å². The van der Waals surface area contributed by atoms with Crippen LogP contribution in [0.1, 0.15) is 22.3 Å². The molecule has 1 amide bonds. The molecule has 0 aliphatic carbocycles. The minimum atomic E-state index is -2.00. The Morgan fingerprint density at radius 2 is 1.87 bits per heavy atom. The van der Waals surface area contributed by atoms with E-state index in [4.69, 9.17) is 23.2 Å². The summed E-state index contributed by atoms with van der Waals surface area (Å²) < 4.78 is 0.986. The number of fused-ring (bicyclic) bond motifs is 1. The van der Waals surface area contributed by atoms with Gasteiger partial charge in [-0.05, 0) is 46.9 Å². The Bertz CT molecular complexity index is 823. The normalized spacial score (nSPS) is 19.4. The molecule has 3 rings (SSSR count). The van der Waals surface area contributed by atoms with Crippen molar-refractivity contribution in [3.05, 3.63) is 61.1 Å². The van der Waals surface area contributed by atoms with E-state index in [1.807, 2.05) is 0 Å².